The Hall–Kier alpha value is -5.51. The number of carbonyl (C=O) groups is 3. The second-order valence-corrected chi connectivity index (χ2v) is 10.6. The summed E-state index contributed by atoms with van der Waals surface area (Å²) >= 11 is 5.95. The third-order valence-electron chi connectivity index (χ3n) is 7.41. The number of anilines is 2. The number of primary amides is 1. The summed E-state index contributed by atoms with van der Waals surface area (Å²) in [6, 6.07) is 26.1. The predicted molar refractivity (Wildman–Crippen MR) is 171 cm³/mol. The second-order valence-electron chi connectivity index (χ2n) is 10.1. The fourth-order valence-electron chi connectivity index (χ4n) is 5.30. The van der Waals surface area contributed by atoms with Crippen LogP contribution in [0.15, 0.2) is 97.1 Å². The Morgan fingerprint density at radius 2 is 1.48 bits per heavy atom. The van der Waals surface area contributed by atoms with Gasteiger partial charge in [-0.1, -0.05) is 35.9 Å². The van der Waals surface area contributed by atoms with Gasteiger partial charge in [0.05, 0.1) is 11.1 Å². The highest BCUT2D eigenvalue weighted by molar-refractivity contribution is 6.30. The van der Waals surface area contributed by atoms with Crippen molar-refractivity contribution in [3.63, 3.8) is 0 Å². The fraction of sp³-hybridized carbons (Fsp3) is 0.0294. The van der Waals surface area contributed by atoms with Crippen LogP contribution in [0.1, 0.15) is 36.6 Å². The van der Waals surface area contributed by atoms with Crippen molar-refractivity contribution in [2.45, 2.75) is 6.54 Å². The number of halogens is 2. The fourth-order valence-corrected chi connectivity index (χ4v) is 5.42. The Bertz CT molecular complexity index is 2090. The minimum Gasteiger partial charge on any atom is -0.366 e. The lowest BCUT2D eigenvalue weighted by Gasteiger charge is -2.16. The number of aromatic amines is 1. The maximum atomic E-state index is 13.4. The van der Waals surface area contributed by atoms with Crippen molar-refractivity contribution in [1.82, 2.24) is 4.98 Å². The molecular formula is C34H25ClFN5O3. The molecule has 10 heteroatoms. The zero-order valence-electron chi connectivity index (χ0n) is 23.1. The predicted octanol–water partition coefficient (Wildman–Crippen LogP) is 6.84. The van der Waals surface area contributed by atoms with Gasteiger partial charge >= 0.3 is 0 Å². The molecule has 0 saturated heterocycles. The molecule has 7 N–H and O–H groups in total. The number of nitrogens with one attached hydrogen (secondary N) is 3. The maximum absolute atomic E-state index is 13.4. The molecule has 0 aliphatic heterocycles. The van der Waals surface area contributed by atoms with Gasteiger partial charge in [0.1, 0.15) is 5.82 Å². The number of H-pyrrole nitrogens is 1. The first-order chi connectivity index (χ1) is 21.2. The zero-order valence-corrected chi connectivity index (χ0v) is 23.8. The molecule has 0 spiro atoms. The van der Waals surface area contributed by atoms with Gasteiger partial charge in [0.2, 0.25) is 0 Å². The van der Waals surface area contributed by atoms with Gasteiger partial charge in [0.15, 0.2) is 0 Å². The van der Waals surface area contributed by atoms with Crippen molar-refractivity contribution in [3.05, 3.63) is 130 Å². The Morgan fingerprint density at radius 1 is 0.795 bits per heavy atom. The van der Waals surface area contributed by atoms with E-state index in [0.29, 0.717) is 49.7 Å². The third kappa shape index (κ3) is 5.37. The van der Waals surface area contributed by atoms with E-state index >= 15 is 0 Å². The zero-order chi connectivity index (χ0) is 31.0. The van der Waals surface area contributed by atoms with Crippen LogP contribution in [-0.4, -0.2) is 22.7 Å². The minimum atomic E-state index is -0.608. The molecule has 0 radical (unpaired) electrons. The lowest BCUT2D eigenvalue weighted by molar-refractivity contribution is 0.0997. The van der Waals surface area contributed by atoms with Crippen LogP contribution in [0.3, 0.4) is 0 Å². The number of hydrogen-bond donors (Lipinski definition) is 5. The van der Waals surface area contributed by atoms with E-state index in [1.165, 1.54) is 24.3 Å². The standard InChI is InChI=1S/C34H25ClFN5O3/c35-20-8-4-18(5-9-20)33(43)39-22-12-13-25-29(16-22)40-31-26(32(38)42)15-14-24(30(25)31)23-2-1-3-28(27(23)17-37)41-34(44)19-6-10-21(36)11-7-19/h1-16,40H,17,37H2,(H2,38,42)(H,39,43)(H,41,44). The van der Waals surface area contributed by atoms with Gasteiger partial charge < -0.3 is 27.1 Å². The molecule has 6 rings (SSSR count). The average molecular weight is 606 g/mol. The van der Waals surface area contributed by atoms with E-state index in [-0.39, 0.29) is 12.5 Å². The largest absolute Gasteiger partial charge is 0.366 e. The first kappa shape index (κ1) is 28.6. The quantitative estimate of drug-likeness (QED) is 0.136. The van der Waals surface area contributed by atoms with Crippen molar-refractivity contribution < 1.29 is 18.8 Å². The Kier molecular flexibility index (Phi) is 7.57. The highest BCUT2D eigenvalue weighted by Gasteiger charge is 2.20. The molecule has 3 amide bonds. The van der Waals surface area contributed by atoms with E-state index in [9.17, 15) is 18.8 Å². The smallest absolute Gasteiger partial charge is 0.255 e. The highest BCUT2D eigenvalue weighted by Crippen LogP contribution is 2.40. The number of nitrogens with two attached hydrogens (primary N) is 2. The first-order valence-corrected chi connectivity index (χ1v) is 14.0. The summed E-state index contributed by atoms with van der Waals surface area (Å²) < 4.78 is 13.4. The highest BCUT2D eigenvalue weighted by atomic mass is 35.5. The van der Waals surface area contributed by atoms with Gasteiger partial charge in [-0.25, -0.2) is 4.39 Å². The van der Waals surface area contributed by atoms with Crippen molar-refractivity contribution in [2.75, 3.05) is 10.6 Å². The molecule has 6 aromatic rings. The molecule has 1 aromatic heterocycles. The summed E-state index contributed by atoms with van der Waals surface area (Å²) in [6.07, 6.45) is 0. The van der Waals surface area contributed by atoms with Gasteiger partial charge in [-0.3, -0.25) is 14.4 Å². The molecule has 0 atom stereocenters. The Labute approximate surface area is 255 Å². The lowest BCUT2D eigenvalue weighted by atomic mass is 9.92. The van der Waals surface area contributed by atoms with Gasteiger partial charge in [-0.05, 0) is 89.5 Å². The van der Waals surface area contributed by atoms with Crippen LogP contribution in [0.2, 0.25) is 5.02 Å². The normalized spacial score (nSPS) is 11.1. The van der Waals surface area contributed by atoms with Crippen LogP contribution in [0.4, 0.5) is 15.8 Å². The average Bonchev–Trinajstić information content (AvgIpc) is 3.39. The van der Waals surface area contributed by atoms with Crippen molar-refractivity contribution >= 4 is 62.5 Å². The third-order valence-corrected chi connectivity index (χ3v) is 7.66. The van der Waals surface area contributed by atoms with Crippen LogP contribution in [0, 0.1) is 5.82 Å². The van der Waals surface area contributed by atoms with E-state index in [4.69, 9.17) is 23.1 Å². The van der Waals surface area contributed by atoms with E-state index in [1.807, 2.05) is 12.1 Å². The molecule has 0 aliphatic rings. The summed E-state index contributed by atoms with van der Waals surface area (Å²) in [5.41, 5.74) is 17.4. The van der Waals surface area contributed by atoms with E-state index in [1.54, 1.807) is 60.7 Å². The van der Waals surface area contributed by atoms with Gasteiger partial charge in [-0.15, -0.1) is 0 Å². The SMILES string of the molecule is NCc1c(NC(=O)c2ccc(F)cc2)cccc1-c1ccc(C(N)=O)c2[nH]c3cc(NC(=O)c4ccc(Cl)cc4)ccc3c12. The molecule has 0 saturated carbocycles. The molecule has 44 heavy (non-hydrogen) atoms. The molecule has 218 valence electrons. The maximum Gasteiger partial charge on any atom is 0.255 e. The van der Waals surface area contributed by atoms with Gasteiger partial charge in [0, 0.05) is 50.4 Å². The number of benzene rings is 5. The number of fused-ring (bicyclic) bond motifs is 3. The van der Waals surface area contributed by atoms with Crippen LogP contribution < -0.4 is 22.1 Å². The summed E-state index contributed by atoms with van der Waals surface area (Å²) in [7, 11) is 0. The second kappa shape index (κ2) is 11.6. The van der Waals surface area contributed by atoms with Crippen molar-refractivity contribution in [3.8, 4) is 11.1 Å². The monoisotopic (exact) mass is 605 g/mol. The molecule has 1 heterocycles. The summed E-state index contributed by atoms with van der Waals surface area (Å²) in [5, 5.41) is 7.81. The number of rotatable bonds is 7. The molecule has 0 aliphatic carbocycles. The summed E-state index contributed by atoms with van der Waals surface area (Å²) in [5.74, 6) is -1.76. The van der Waals surface area contributed by atoms with Gasteiger partial charge in [-0.2, -0.15) is 0 Å². The number of aromatic nitrogens is 1. The Morgan fingerprint density at radius 3 is 2.16 bits per heavy atom. The molecule has 0 bridgehead atoms. The number of carbonyl (C=O) groups excluding carboxylic acids is 3. The number of hydrogen-bond acceptors (Lipinski definition) is 4. The summed E-state index contributed by atoms with van der Waals surface area (Å²) in [4.78, 5) is 41.5. The van der Waals surface area contributed by atoms with E-state index < -0.39 is 17.6 Å². The summed E-state index contributed by atoms with van der Waals surface area (Å²) in [6.45, 7) is 0.0947. The molecule has 0 fully saturated rings. The van der Waals surface area contributed by atoms with Crippen molar-refractivity contribution in [1.29, 1.82) is 0 Å². The van der Waals surface area contributed by atoms with E-state index in [2.05, 4.69) is 15.6 Å². The Balaban J connectivity index is 1.44. The minimum absolute atomic E-state index is 0.0947. The van der Waals surface area contributed by atoms with Gasteiger partial charge in [0.25, 0.3) is 17.7 Å². The lowest BCUT2D eigenvalue weighted by Crippen LogP contribution is -2.15. The molecule has 5 aromatic carbocycles. The van der Waals surface area contributed by atoms with E-state index in [0.717, 1.165) is 21.9 Å². The van der Waals surface area contributed by atoms with Crippen LogP contribution in [0.5, 0.6) is 0 Å². The van der Waals surface area contributed by atoms with Crippen LogP contribution >= 0.6 is 11.6 Å². The van der Waals surface area contributed by atoms with Crippen LogP contribution in [0.25, 0.3) is 32.9 Å². The molecule has 0 unspecified atom stereocenters. The van der Waals surface area contributed by atoms with Crippen LogP contribution in [-0.2, 0) is 6.54 Å². The molecular weight excluding hydrogens is 581 g/mol. The van der Waals surface area contributed by atoms with Crippen molar-refractivity contribution in [2.24, 2.45) is 11.5 Å². The first-order valence-electron chi connectivity index (χ1n) is 13.6. The topological polar surface area (TPSA) is 143 Å². The number of amides is 3. The molecule has 8 nitrogen and oxygen atoms in total.